The summed E-state index contributed by atoms with van der Waals surface area (Å²) in [6.45, 7) is 3.32. The van der Waals surface area contributed by atoms with Gasteiger partial charge in [0.1, 0.15) is 17.5 Å². The van der Waals surface area contributed by atoms with E-state index in [1.165, 1.54) is 11.4 Å². The highest BCUT2D eigenvalue weighted by atomic mass is 32.1. The molecule has 1 aromatic carbocycles. The highest BCUT2D eigenvalue weighted by Crippen LogP contribution is 2.38. The van der Waals surface area contributed by atoms with E-state index in [0.29, 0.717) is 0 Å². The van der Waals surface area contributed by atoms with Gasteiger partial charge < -0.3 is 4.74 Å². The van der Waals surface area contributed by atoms with E-state index in [-0.39, 0.29) is 41.1 Å². The zero-order valence-electron chi connectivity index (χ0n) is 19.5. The van der Waals surface area contributed by atoms with Crippen molar-refractivity contribution in [1.29, 1.82) is 0 Å². The van der Waals surface area contributed by atoms with Crippen LogP contribution in [0.3, 0.4) is 0 Å². The summed E-state index contributed by atoms with van der Waals surface area (Å²) in [5.74, 6) is -0.129. The summed E-state index contributed by atoms with van der Waals surface area (Å²) in [7, 11) is 0. The molecule has 2 amide bonds. The molecule has 13 heteroatoms. The van der Waals surface area contributed by atoms with Crippen LogP contribution in [-0.2, 0) is 11.0 Å². The molecule has 1 aliphatic rings. The van der Waals surface area contributed by atoms with Gasteiger partial charge in [-0.1, -0.05) is 0 Å². The molecule has 1 fully saturated rings. The third-order valence-corrected chi connectivity index (χ3v) is 6.04. The van der Waals surface area contributed by atoms with Crippen molar-refractivity contribution in [2.45, 2.75) is 38.6 Å². The van der Waals surface area contributed by atoms with E-state index in [2.05, 4.69) is 20.9 Å². The number of hydrogen-bond donors (Lipinski definition) is 0. The van der Waals surface area contributed by atoms with E-state index in [9.17, 15) is 27.2 Å². The number of benzene rings is 1. The van der Waals surface area contributed by atoms with E-state index in [0.717, 1.165) is 45.7 Å². The van der Waals surface area contributed by atoms with Gasteiger partial charge in [-0.05, 0) is 38.3 Å². The second-order valence-corrected chi connectivity index (χ2v) is 9.09. The minimum Gasteiger partial charge on any atom is -0.491 e. The molecular formula is C24H19F4N5O3S. The van der Waals surface area contributed by atoms with Gasteiger partial charge in [0, 0.05) is 23.7 Å². The number of carbonyl (C=O) groups is 2. The Hall–Kier alpha value is -4.05. The zero-order chi connectivity index (χ0) is 26.9. The lowest BCUT2D eigenvalue weighted by atomic mass is 10.1. The Labute approximate surface area is 212 Å². The standard InChI is InChI=1S/C24H19F4N5O3S/c1-4-20-31-18(12-37-20)21(34)33(16-7-14(24(26,27)28)8-17(9-16)36-13(2)3)19-5-6-32(22(19)35)23-29-10-15(25)11-30-23/h1,7-13,19H,5-6H2,2-3H3. The summed E-state index contributed by atoms with van der Waals surface area (Å²) < 4.78 is 60.1. The molecule has 1 unspecified atom stereocenters. The molecule has 0 saturated carbocycles. The van der Waals surface area contributed by atoms with Crippen LogP contribution in [-0.4, -0.2) is 45.5 Å². The number of nitrogens with zero attached hydrogens (tertiary/aromatic N) is 5. The maximum Gasteiger partial charge on any atom is 0.416 e. The molecule has 0 bridgehead atoms. The Morgan fingerprint density at radius 3 is 2.57 bits per heavy atom. The topological polar surface area (TPSA) is 88.5 Å². The van der Waals surface area contributed by atoms with Crippen LogP contribution in [0.25, 0.3) is 0 Å². The van der Waals surface area contributed by atoms with Gasteiger partial charge in [-0.3, -0.25) is 19.4 Å². The molecule has 0 N–H and O–H groups in total. The number of alkyl halides is 3. The highest BCUT2D eigenvalue weighted by Gasteiger charge is 2.42. The summed E-state index contributed by atoms with van der Waals surface area (Å²) in [6.07, 6.45) is 1.93. The first-order valence-corrected chi connectivity index (χ1v) is 11.8. The van der Waals surface area contributed by atoms with Gasteiger partial charge >= 0.3 is 6.18 Å². The molecule has 3 aromatic rings. The molecule has 1 atom stereocenters. The number of amides is 2. The number of ether oxygens (including phenoxy) is 1. The van der Waals surface area contributed by atoms with Crippen molar-refractivity contribution >= 4 is 34.8 Å². The summed E-state index contributed by atoms with van der Waals surface area (Å²) in [5, 5.41) is 1.56. The third kappa shape index (κ3) is 5.54. The Kier molecular flexibility index (Phi) is 7.13. The van der Waals surface area contributed by atoms with Crippen LogP contribution >= 0.6 is 11.3 Å². The van der Waals surface area contributed by atoms with Crippen LogP contribution in [0.5, 0.6) is 5.75 Å². The van der Waals surface area contributed by atoms with Gasteiger partial charge in [0.2, 0.25) is 5.95 Å². The molecule has 2 aromatic heterocycles. The Morgan fingerprint density at radius 2 is 1.97 bits per heavy atom. The summed E-state index contributed by atoms with van der Waals surface area (Å²) in [4.78, 5) is 40.8. The lowest BCUT2D eigenvalue weighted by Gasteiger charge is -2.28. The number of hydrogen-bond acceptors (Lipinski definition) is 7. The van der Waals surface area contributed by atoms with Crippen molar-refractivity contribution in [3.8, 4) is 18.1 Å². The van der Waals surface area contributed by atoms with Crippen LogP contribution in [0.1, 0.15) is 41.3 Å². The number of rotatable bonds is 6. The minimum atomic E-state index is -4.76. The SMILES string of the molecule is C#Cc1nc(C(=O)N(c2cc(OC(C)C)cc(C(F)(F)F)c2)C2CCN(c3ncc(F)cn3)C2=O)cs1. The molecule has 1 saturated heterocycles. The van der Waals surface area contributed by atoms with Crippen molar-refractivity contribution in [2.24, 2.45) is 0 Å². The predicted molar refractivity (Wildman–Crippen MR) is 127 cm³/mol. The molecule has 8 nitrogen and oxygen atoms in total. The van der Waals surface area contributed by atoms with Crippen LogP contribution < -0.4 is 14.5 Å². The van der Waals surface area contributed by atoms with Gasteiger partial charge in [0.05, 0.1) is 24.1 Å². The lowest BCUT2D eigenvalue weighted by molar-refractivity contribution is -0.137. The minimum absolute atomic E-state index is 0.0358. The van der Waals surface area contributed by atoms with Crippen molar-refractivity contribution in [1.82, 2.24) is 15.0 Å². The molecule has 0 aliphatic carbocycles. The first-order valence-electron chi connectivity index (χ1n) is 10.9. The zero-order valence-corrected chi connectivity index (χ0v) is 20.3. The summed E-state index contributed by atoms with van der Waals surface area (Å²) in [5.41, 5.74) is -1.41. The van der Waals surface area contributed by atoms with E-state index in [1.54, 1.807) is 13.8 Å². The molecule has 192 valence electrons. The number of halogens is 4. The van der Waals surface area contributed by atoms with Crippen LogP contribution in [0.15, 0.2) is 36.0 Å². The second-order valence-electron chi connectivity index (χ2n) is 8.23. The number of thiazole rings is 1. The first-order chi connectivity index (χ1) is 17.5. The quantitative estimate of drug-likeness (QED) is 0.347. The molecule has 0 radical (unpaired) electrons. The molecular weight excluding hydrogens is 514 g/mol. The van der Waals surface area contributed by atoms with E-state index >= 15 is 0 Å². The summed E-state index contributed by atoms with van der Waals surface area (Å²) >= 11 is 1.00. The van der Waals surface area contributed by atoms with Crippen molar-refractivity contribution in [3.63, 3.8) is 0 Å². The third-order valence-electron chi connectivity index (χ3n) is 5.27. The van der Waals surface area contributed by atoms with Gasteiger partial charge in [0.15, 0.2) is 10.8 Å². The summed E-state index contributed by atoms with van der Waals surface area (Å²) in [6, 6.07) is 1.61. The molecule has 1 aliphatic heterocycles. The fraction of sp³-hybridized carbons (Fsp3) is 0.292. The maximum atomic E-state index is 13.8. The van der Waals surface area contributed by atoms with Gasteiger partial charge in [-0.15, -0.1) is 17.8 Å². The molecule has 37 heavy (non-hydrogen) atoms. The van der Waals surface area contributed by atoms with E-state index in [1.807, 2.05) is 0 Å². The average Bonchev–Trinajstić information content (AvgIpc) is 3.46. The number of aromatic nitrogens is 3. The van der Waals surface area contributed by atoms with E-state index < -0.39 is 41.5 Å². The smallest absolute Gasteiger partial charge is 0.416 e. The molecule has 0 spiro atoms. The van der Waals surface area contributed by atoms with Crippen molar-refractivity contribution in [3.05, 3.63) is 58.1 Å². The van der Waals surface area contributed by atoms with Crippen LogP contribution in [0.4, 0.5) is 29.2 Å². The number of terminal acetylenes is 1. The fourth-order valence-electron chi connectivity index (χ4n) is 3.77. The predicted octanol–water partition coefficient (Wildman–Crippen LogP) is 4.31. The van der Waals surface area contributed by atoms with Gasteiger partial charge in [0.25, 0.3) is 11.8 Å². The Morgan fingerprint density at radius 1 is 1.27 bits per heavy atom. The van der Waals surface area contributed by atoms with Crippen LogP contribution in [0, 0.1) is 18.2 Å². The molecule has 3 heterocycles. The average molecular weight is 534 g/mol. The van der Waals surface area contributed by atoms with Crippen molar-refractivity contribution in [2.75, 3.05) is 16.3 Å². The fourth-order valence-corrected chi connectivity index (χ4v) is 4.37. The Balaban J connectivity index is 1.82. The van der Waals surface area contributed by atoms with Gasteiger partial charge in [-0.2, -0.15) is 13.2 Å². The number of carbonyl (C=O) groups excluding carboxylic acids is 2. The lowest BCUT2D eigenvalue weighted by Crippen LogP contribution is -2.46. The first kappa shape index (κ1) is 26.0. The monoisotopic (exact) mass is 533 g/mol. The number of anilines is 2. The maximum absolute atomic E-state index is 13.8. The van der Waals surface area contributed by atoms with Gasteiger partial charge in [-0.25, -0.2) is 19.3 Å². The highest BCUT2D eigenvalue weighted by molar-refractivity contribution is 7.10. The van der Waals surface area contributed by atoms with E-state index in [4.69, 9.17) is 11.2 Å². The second kappa shape index (κ2) is 10.1. The normalized spacial score (nSPS) is 15.7. The van der Waals surface area contributed by atoms with Crippen LogP contribution in [0.2, 0.25) is 0 Å². The van der Waals surface area contributed by atoms with Crippen molar-refractivity contribution < 1.29 is 31.9 Å². The molecule has 4 rings (SSSR count). The largest absolute Gasteiger partial charge is 0.491 e. The Bertz CT molecular complexity index is 1370.